The smallest absolute Gasteiger partial charge is 0.150 e. The van der Waals surface area contributed by atoms with Crippen molar-refractivity contribution in [1.29, 1.82) is 0 Å². The number of rotatable bonds is 7. The minimum atomic E-state index is -3.04. The van der Waals surface area contributed by atoms with Crippen LogP contribution in [0.3, 0.4) is 0 Å². The number of hydrogen-bond acceptors (Lipinski definition) is 7. The van der Waals surface area contributed by atoms with Crippen molar-refractivity contribution in [2.45, 2.75) is 43.8 Å². The first kappa shape index (κ1) is 26.0. The number of halogens is 2. The molecule has 1 saturated heterocycles. The van der Waals surface area contributed by atoms with Crippen LogP contribution in [-0.2, 0) is 22.7 Å². The monoisotopic (exact) mass is 505 g/mol. The van der Waals surface area contributed by atoms with Crippen molar-refractivity contribution < 1.29 is 12.8 Å². The Balaban J connectivity index is 0.00000324. The van der Waals surface area contributed by atoms with E-state index in [1.807, 2.05) is 6.07 Å². The second-order valence-electron chi connectivity index (χ2n) is 8.68. The Labute approximate surface area is 206 Å². The fraction of sp³-hybridized carbons (Fsp3) is 0.417. The molecule has 1 fully saturated rings. The minimum absolute atomic E-state index is 0. The van der Waals surface area contributed by atoms with Crippen LogP contribution < -0.4 is 4.90 Å². The molecule has 3 heterocycles. The van der Waals surface area contributed by atoms with Gasteiger partial charge >= 0.3 is 0 Å². The van der Waals surface area contributed by atoms with Crippen molar-refractivity contribution in [3.63, 3.8) is 0 Å². The summed E-state index contributed by atoms with van der Waals surface area (Å²) >= 11 is 0. The summed E-state index contributed by atoms with van der Waals surface area (Å²) in [4.78, 5) is 20.2. The van der Waals surface area contributed by atoms with Gasteiger partial charge in [0.2, 0.25) is 0 Å². The molecule has 0 N–H and O–H groups in total. The molecule has 1 atom stereocenters. The second kappa shape index (κ2) is 11.2. The van der Waals surface area contributed by atoms with Gasteiger partial charge in [0.15, 0.2) is 0 Å². The number of nitrogens with zero attached hydrogens (tertiary/aromatic N) is 5. The van der Waals surface area contributed by atoms with Gasteiger partial charge in [-0.15, -0.1) is 12.4 Å². The summed E-state index contributed by atoms with van der Waals surface area (Å²) in [6, 6.07) is 8.48. The first-order chi connectivity index (χ1) is 15.8. The largest absolute Gasteiger partial charge is 0.356 e. The molecule has 0 amide bonds. The Morgan fingerprint density at radius 2 is 1.79 bits per heavy atom. The SMILES string of the molecule is C[C@H](Cc1nc(Cc2cnccn2)cc(N2CCC(S(C)(=O)=O)CC2)n1)c1ccc(F)cc1.Cl. The van der Waals surface area contributed by atoms with Crippen molar-refractivity contribution in [3.8, 4) is 0 Å². The van der Waals surface area contributed by atoms with E-state index in [0.717, 1.165) is 22.8 Å². The van der Waals surface area contributed by atoms with Gasteiger partial charge < -0.3 is 4.90 Å². The summed E-state index contributed by atoms with van der Waals surface area (Å²) in [5.41, 5.74) is 2.68. The van der Waals surface area contributed by atoms with E-state index in [2.05, 4.69) is 21.8 Å². The molecule has 0 bridgehead atoms. The van der Waals surface area contributed by atoms with Crippen LogP contribution >= 0.6 is 12.4 Å². The highest BCUT2D eigenvalue weighted by atomic mass is 35.5. The number of hydrogen-bond donors (Lipinski definition) is 0. The molecular weight excluding hydrogens is 477 g/mol. The van der Waals surface area contributed by atoms with Gasteiger partial charge in [-0.2, -0.15) is 0 Å². The Hall–Kier alpha value is -2.65. The molecule has 0 spiro atoms. The maximum absolute atomic E-state index is 13.3. The highest BCUT2D eigenvalue weighted by Gasteiger charge is 2.27. The van der Waals surface area contributed by atoms with E-state index in [9.17, 15) is 12.8 Å². The van der Waals surface area contributed by atoms with Gasteiger partial charge in [-0.3, -0.25) is 9.97 Å². The molecule has 4 rings (SSSR count). The third-order valence-electron chi connectivity index (χ3n) is 6.09. The average Bonchev–Trinajstić information content (AvgIpc) is 2.79. The Morgan fingerprint density at radius 1 is 1.09 bits per heavy atom. The molecule has 10 heteroatoms. The van der Waals surface area contributed by atoms with E-state index in [0.29, 0.717) is 44.6 Å². The molecule has 1 aliphatic rings. The van der Waals surface area contributed by atoms with Crippen molar-refractivity contribution in [2.75, 3.05) is 24.2 Å². The van der Waals surface area contributed by atoms with Gasteiger partial charge in [-0.05, 0) is 36.5 Å². The van der Waals surface area contributed by atoms with Crippen LogP contribution in [0.15, 0.2) is 48.9 Å². The van der Waals surface area contributed by atoms with Crippen molar-refractivity contribution in [1.82, 2.24) is 19.9 Å². The Kier molecular flexibility index (Phi) is 8.54. The standard InChI is InChI=1S/C24H28FN5O2S.ClH/c1-17(18-3-5-19(25)6-4-18)13-23-28-20(14-21-16-26-9-10-27-21)15-24(29-23)30-11-7-22(8-12-30)33(2,31)32;/h3-6,9-10,15-17,22H,7-8,11-14H2,1-2H3;1H/t17-;/m1./s1. The van der Waals surface area contributed by atoms with E-state index in [1.54, 1.807) is 30.7 Å². The second-order valence-corrected chi connectivity index (χ2v) is 11.0. The van der Waals surface area contributed by atoms with Gasteiger partial charge in [-0.1, -0.05) is 19.1 Å². The van der Waals surface area contributed by atoms with Gasteiger partial charge in [0.25, 0.3) is 0 Å². The lowest BCUT2D eigenvalue weighted by Crippen LogP contribution is -2.39. The van der Waals surface area contributed by atoms with Crippen LogP contribution in [0.1, 0.15) is 48.5 Å². The number of anilines is 1. The lowest BCUT2D eigenvalue weighted by Gasteiger charge is -2.32. The first-order valence-corrected chi connectivity index (χ1v) is 13.0. The fourth-order valence-electron chi connectivity index (χ4n) is 4.18. The molecule has 182 valence electrons. The van der Waals surface area contributed by atoms with Gasteiger partial charge in [0.1, 0.15) is 27.3 Å². The Bertz CT molecular complexity index is 1190. The summed E-state index contributed by atoms with van der Waals surface area (Å²) < 4.78 is 37.2. The van der Waals surface area contributed by atoms with Crippen LogP contribution in [-0.4, -0.2) is 52.9 Å². The van der Waals surface area contributed by atoms with Crippen LogP contribution in [0.2, 0.25) is 0 Å². The fourth-order valence-corrected chi connectivity index (χ4v) is 5.25. The number of sulfone groups is 1. The molecule has 7 nitrogen and oxygen atoms in total. The molecule has 0 radical (unpaired) electrons. The predicted octanol–water partition coefficient (Wildman–Crippen LogP) is 3.78. The summed E-state index contributed by atoms with van der Waals surface area (Å²) in [7, 11) is -3.04. The Morgan fingerprint density at radius 3 is 2.41 bits per heavy atom. The zero-order valence-electron chi connectivity index (χ0n) is 19.3. The highest BCUT2D eigenvalue weighted by Crippen LogP contribution is 2.25. The van der Waals surface area contributed by atoms with E-state index >= 15 is 0 Å². The maximum Gasteiger partial charge on any atom is 0.150 e. The molecule has 0 saturated carbocycles. The summed E-state index contributed by atoms with van der Waals surface area (Å²) in [5, 5.41) is -0.299. The van der Waals surface area contributed by atoms with Crippen LogP contribution in [0.4, 0.5) is 10.2 Å². The van der Waals surface area contributed by atoms with E-state index < -0.39 is 9.84 Å². The molecule has 0 unspecified atom stereocenters. The molecule has 2 aromatic heterocycles. The minimum Gasteiger partial charge on any atom is -0.356 e. The molecule has 0 aliphatic carbocycles. The molecule has 1 aromatic carbocycles. The average molecular weight is 506 g/mol. The van der Waals surface area contributed by atoms with Gasteiger partial charge in [0, 0.05) is 56.8 Å². The van der Waals surface area contributed by atoms with Gasteiger partial charge in [0.05, 0.1) is 16.6 Å². The third-order valence-corrected chi connectivity index (χ3v) is 7.77. The predicted molar refractivity (Wildman–Crippen MR) is 133 cm³/mol. The maximum atomic E-state index is 13.3. The van der Waals surface area contributed by atoms with Crippen LogP contribution in [0.25, 0.3) is 0 Å². The van der Waals surface area contributed by atoms with E-state index in [1.165, 1.54) is 18.4 Å². The lowest BCUT2D eigenvalue weighted by atomic mass is 9.97. The van der Waals surface area contributed by atoms with Crippen molar-refractivity contribution >= 4 is 28.1 Å². The zero-order valence-corrected chi connectivity index (χ0v) is 20.9. The number of piperidine rings is 1. The third kappa shape index (κ3) is 6.70. The molecular formula is C24H29ClFN5O2S. The quantitative estimate of drug-likeness (QED) is 0.482. The zero-order chi connectivity index (χ0) is 23.4. The van der Waals surface area contributed by atoms with Crippen LogP contribution in [0.5, 0.6) is 0 Å². The molecule has 3 aromatic rings. The lowest BCUT2D eigenvalue weighted by molar-refractivity contribution is 0.531. The van der Waals surface area contributed by atoms with Crippen molar-refractivity contribution in [2.24, 2.45) is 0 Å². The topological polar surface area (TPSA) is 88.9 Å². The van der Waals surface area contributed by atoms with E-state index in [4.69, 9.17) is 9.97 Å². The van der Waals surface area contributed by atoms with Gasteiger partial charge in [-0.25, -0.2) is 22.8 Å². The molecule has 34 heavy (non-hydrogen) atoms. The number of aromatic nitrogens is 4. The highest BCUT2D eigenvalue weighted by molar-refractivity contribution is 7.91. The van der Waals surface area contributed by atoms with Crippen LogP contribution in [0, 0.1) is 5.82 Å². The first-order valence-electron chi connectivity index (χ1n) is 11.1. The summed E-state index contributed by atoms with van der Waals surface area (Å²) in [6.07, 6.45) is 8.63. The summed E-state index contributed by atoms with van der Waals surface area (Å²) in [6.45, 7) is 3.34. The molecule has 1 aliphatic heterocycles. The number of benzene rings is 1. The van der Waals surface area contributed by atoms with Crippen molar-refractivity contribution in [3.05, 3.63) is 77.5 Å². The summed E-state index contributed by atoms with van der Waals surface area (Å²) in [5.74, 6) is 1.36. The normalized spacial score (nSPS) is 15.6. The van der Waals surface area contributed by atoms with E-state index in [-0.39, 0.29) is 29.4 Å².